The van der Waals surface area contributed by atoms with Crippen LogP contribution in [0.5, 0.6) is 5.75 Å². The summed E-state index contributed by atoms with van der Waals surface area (Å²) in [6.45, 7) is 6.96. The van der Waals surface area contributed by atoms with E-state index < -0.39 is 5.91 Å². The Labute approximate surface area is 186 Å². The highest BCUT2D eigenvalue weighted by molar-refractivity contribution is 7.80. The van der Waals surface area contributed by atoms with E-state index in [-0.39, 0.29) is 11.0 Å². The molecule has 1 aliphatic carbocycles. The van der Waals surface area contributed by atoms with Gasteiger partial charge in [0.2, 0.25) is 0 Å². The predicted octanol–water partition coefficient (Wildman–Crippen LogP) is 4.13. The molecule has 0 fully saturated rings. The molecule has 4 N–H and O–H groups in total. The summed E-state index contributed by atoms with van der Waals surface area (Å²) in [6.07, 6.45) is 2.78. The van der Waals surface area contributed by atoms with E-state index in [1.54, 1.807) is 24.3 Å². The molecule has 0 saturated heterocycles. The molecule has 0 unspecified atom stereocenters. The molecule has 0 saturated carbocycles. The van der Waals surface area contributed by atoms with Crippen molar-refractivity contribution < 1.29 is 14.3 Å². The van der Waals surface area contributed by atoms with E-state index in [0.29, 0.717) is 40.3 Å². The summed E-state index contributed by atoms with van der Waals surface area (Å²) in [7, 11) is 0. The number of rotatable bonds is 6. The normalized spacial score (nSPS) is 15.4. The maximum atomic E-state index is 12.5. The maximum Gasteiger partial charge on any atom is 0.257 e. The van der Waals surface area contributed by atoms with Crippen LogP contribution in [-0.2, 0) is 12.8 Å². The van der Waals surface area contributed by atoms with Crippen molar-refractivity contribution in [3.63, 3.8) is 0 Å². The van der Waals surface area contributed by atoms with Gasteiger partial charge in [-0.15, -0.1) is 11.3 Å². The Balaban J connectivity index is 1.66. The van der Waals surface area contributed by atoms with E-state index in [9.17, 15) is 9.59 Å². The van der Waals surface area contributed by atoms with E-state index >= 15 is 0 Å². The molecule has 2 aromatic rings. The Morgan fingerprint density at radius 2 is 2.00 bits per heavy atom. The van der Waals surface area contributed by atoms with Gasteiger partial charge in [0.05, 0.1) is 12.2 Å². The van der Waals surface area contributed by atoms with Gasteiger partial charge in [0.25, 0.3) is 11.8 Å². The number of carbonyl (C=O) groups is 2. The minimum absolute atomic E-state index is 0.134. The van der Waals surface area contributed by atoms with E-state index in [2.05, 4.69) is 31.4 Å². The lowest BCUT2D eigenvalue weighted by atomic mass is 9.88. The van der Waals surface area contributed by atoms with Gasteiger partial charge in [-0.1, -0.05) is 20.8 Å². The third kappa shape index (κ3) is 5.37. The average Bonchev–Trinajstić information content (AvgIpc) is 3.03. The van der Waals surface area contributed by atoms with Crippen LogP contribution in [0.1, 0.15) is 58.3 Å². The van der Waals surface area contributed by atoms with Crippen LogP contribution < -0.4 is 21.1 Å². The van der Waals surface area contributed by atoms with Crippen molar-refractivity contribution in [2.75, 3.05) is 11.9 Å². The van der Waals surface area contributed by atoms with Gasteiger partial charge < -0.3 is 15.8 Å². The number of carbonyl (C=O) groups excluding carboxylic acids is 2. The van der Waals surface area contributed by atoms with E-state index in [0.717, 1.165) is 29.7 Å². The number of fused-ring (bicyclic) bond motifs is 1. The first-order valence-electron chi connectivity index (χ1n) is 10.0. The second-order valence-corrected chi connectivity index (χ2v) is 9.57. The highest BCUT2D eigenvalue weighted by atomic mass is 32.1. The fraction of sp³-hybridized carbons (Fsp3) is 0.409. The Hall–Kier alpha value is -2.45. The van der Waals surface area contributed by atoms with E-state index in [4.69, 9.17) is 22.7 Å². The summed E-state index contributed by atoms with van der Waals surface area (Å²) in [5.74, 6) is 0.899. The van der Waals surface area contributed by atoms with Crippen molar-refractivity contribution >= 4 is 45.5 Å². The smallest absolute Gasteiger partial charge is 0.257 e. The number of thiophene rings is 1. The highest BCUT2D eigenvalue weighted by Crippen LogP contribution is 2.39. The molecular weight excluding hydrogens is 418 g/mol. The first-order valence-corrected chi connectivity index (χ1v) is 11.3. The summed E-state index contributed by atoms with van der Waals surface area (Å²) >= 11 is 6.79. The number of anilines is 1. The Bertz CT molecular complexity index is 951. The third-order valence-electron chi connectivity index (χ3n) is 4.91. The number of hydrogen-bond donors (Lipinski definition) is 3. The van der Waals surface area contributed by atoms with Crippen LogP contribution in [0, 0.1) is 11.8 Å². The quantitative estimate of drug-likeness (QED) is 0.581. The lowest BCUT2D eigenvalue weighted by Crippen LogP contribution is -2.34. The number of nitrogens with one attached hydrogen (secondary N) is 2. The van der Waals surface area contributed by atoms with Crippen LogP contribution in [0.25, 0.3) is 0 Å². The van der Waals surface area contributed by atoms with Crippen LogP contribution in [0.3, 0.4) is 0 Å². The topological polar surface area (TPSA) is 93.4 Å². The molecule has 2 amide bonds. The third-order valence-corrected chi connectivity index (χ3v) is 6.29. The van der Waals surface area contributed by atoms with Crippen molar-refractivity contribution in [3.05, 3.63) is 45.8 Å². The van der Waals surface area contributed by atoms with Crippen LogP contribution in [0.15, 0.2) is 24.3 Å². The number of hydrogen-bond acceptors (Lipinski definition) is 5. The lowest BCUT2D eigenvalue weighted by Gasteiger charge is -2.18. The SMILES string of the molecule is CC(C)COc1ccc(C(=O)NC(=S)Nc2sc3c(c2C(N)=O)CC[C@@H](C)C3)cc1. The molecule has 0 radical (unpaired) electrons. The Morgan fingerprint density at radius 3 is 2.63 bits per heavy atom. The molecule has 1 aliphatic rings. The van der Waals surface area contributed by atoms with Crippen LogP contribution in [0.4, 0.5) is 5.00 Å². The van der Waals surface area contributed by atoms with Crippen LogP contribution in [-0.4, -0.2) is 23.5 Å². The zero-order chi connectivity index (χ0) is 21.8. The zero-order valence-corrected chi connectivity index (χ0v) is 19.0. The van der Waals surface area contributed by atoms with Gasteiger partial charge in [-0.05, 0) is 73.1 Å². The molecule has 1 heterocycles. The van der Waals surface area contributed by atoms with Crippen molar-refractivity contribution in [1.29, 1.82) is 0 Å². The van der Waals surface area contributed by atoms with Gasteiger partial charge >= 0.3 is 0 Å². The average molecular weight is 446 g/mol. The minimum atomic E-state index is -0.476. The van der Waals surface area contributed by atoms with Gasteiger partial charge in [-0.25, -0.2) is 0 Å². The number of thiocarbonyl (C=S) groups is 1. The molecule has 1 aromatic heterocycles. The Kier molecular flexibility index (Phi) is 7.10. The monoisotopic (exact) mass is 445 g/mol. The van der Waals surface area contributed by atoms with Crippen molar-refractivity contribution in [3.8, 4) is 5.75 Å². The fourth-order valence-electron chi connectivity index (χ4n) is 3.37. The number of primary amides is 1. The molecule has 1 aromatic carbocycles. The van der Waals surface area contributed by atoms with Crippen molar-refractivity contribution in [2.45, 2.75) is 40.0 Å². The highest BCUT2D eigenvalue weighted by Gasteiger charge is 2.27. The summed E-state index contributed by atoms with van der Waals surface area (Å²) in [6, 6.07) is 6.89. The standard InChI is InChI=1S/C22H27N3O3S2/c1-12(2)11-28-15-7-5-14(6-8-15)20(27)24-22(29)25-21-18(19(23)26)16-9-4-13(3)10-17(16)30-21/h5-8,12-13H,4,9-11H2,1-3H3,(H2,23,26)(H2,24,25,27,29)/t13-/m1/s1. The van der Waals surface area contributed by atoms with Crippen LogP contribution in [0.2, 0.25) is 0 Å². The van der Waals surface area contributed by atoms with E-state index in [1.165, 1.54) is 11.3 Å². The second-order valence-electron chi connectivity index (χ2n) is 8.06. The largest absolute Gasteiger partial charge is 0.493 e. The maximum absolute atomic E-state index is 12.5. The van der Waals surface area contributed by atoms with Gasteiger partial charge in [0.1, 0.15) is 10.8 Å². The second kappa shape index (κ2) is 9.57. The molecule has 8 heteroatoms. The molecular formula is C22H27N3O3S2. The zero-order valence-electron chi connectivity index (χ0n) is 17.4. The fourth-order valence-corrected chi connectivity index (χ4v) is 5.05. The minimum Gasteiger partial charge on any atom is -0.493 e. The molecule has 6 nitrogen and oxygen atoms in total. The molecule has 160 valence electrons. The number of benzene rings is 1. The van der Waals surface area contributed by atoms with Gasteiger partial charge in [0, 0.05) is 10.4 Å². The van der Waals surface area contributed by atoms with Gasteiger partial charge in [0.15, 0.2) is 5.11 Å². The molecule has 0 aliphatic heterocycles. The predicted molar refractivity (Wildman–Crippen MR) is 124 cm³/mol. The van der Waals surface area contributed by atoms with Crippen molar-refractivity contribution in [2.24, 2.45) is 17.6 Å². The molecule has 0 bridgehead atoms. The number of nitrogens with two attached hydrogens (primary N) is 1. The first-order chi connectivity index (χ1) is 14.2. The summed E-state index contributed by atoms with van der Waals surface area (Å²) in [4.78, 5) is 25.7. The summed E-state index contributed by atoms with van der Waals surface area (Å²) < 4.78 is 5.63. The molecule has 0 spiro atoms. The van der Waals surface area contributed by atoms with E-state index in [1.807, 2.05) is 0 Å². The summed E-state index contributed by atoms with van der Waals surface area (Å²) in [5, 5.41) is 6.40. The molecule has 1 atom stereocenters. The number of ether oxygens (including phenoxy) is 1. The molecule has 3 rings (SSSR count). The van der Waals surface area contributed by atoms with Gasteiger partial charge in [-0.2, -0.15) is 0 Å². The lowest BCUT2D eigenvalue weighted by molar-refractivity contribution is 0.0975. The number of amides is 2. The summed E-state index contributed by atoms with van der Waals surface area (Å²) in [5.41, 5.74) is 7.60. The molecule has 30 heavy (non-hydrogen) atoms. The Morgan fingerprint density at radius 1 is 1.30 bits per heavy atom. The van der Waals surface area contributed by atoms with Gasteiger partial charge in [-0.3, -0.25) is 14.9 Å². The van der Waals surface area contributed by atoms with Crippen molar-refractivity contribution in [1.82, 2.24) is 5.32 Å². The first kappa shape index (κ1) is 22.2. The van der Waals surface area contributed by atoms with Crippen LogP contribution >= 0.6 is 23.6 Å².